The summed E-state index contributed by atoms with van der Waals surface area (Å²) in [6, 6.07) is 6.08. The number of aromatic nitrogens is 3. The van der Waals surface area contributed by atoms with Crippen molar-refractivity contribution in [3.05, 3.63) is 75.7 Å². The number of hydrogen-bond donors (Lipinski definition) is 1. The fraction of sp³-hybridized carbons (Fsp3) is 0.414. The molecule has 3 rings (SSSR count). The molecule has 0 bridgehead atoms. The highest BCUT2D eigenvalue weighted by Crippen LogP contribution is 2.20. The van der Waals surface area contributed by atoms with Crippen molar-refractivity contribution in [1.82, 2.24) is 19.4 Å². The van der Waals surface area contributed by atoms with E-state index in [1.807, 2.05) is 6.92 Å². The number of pyridine rings is 1. The smallest absolute Gasteiger partial charge is 0.409 e. The van der Waals surface area contributed by atoms with E-state index in [9.17, 15) is 23.6 Å². The minimum atomic E-state index is -1.07. The van der Waals surface area contributed by atoms with Crippen LogP contribution in [0.3, 0.4) is 0 Å². The summed E-state index contributed by atoms with van der Waals surface area (Å²) in [5.74, 6) is -0.316. The first-order chi connectivity index (χ1) is 18.6. The number of carbonyl (C=O) groups excluding carboxylic acids is 3. The summed E-state index contributed by atoms with van der Waals surface area (Å²) in [6.45, 7) is 3.87. The maximum Gasteiger partial charge on any atom is 0.409 e. The summed E-state index contributed by atoms with van der Waals surface area (Å²) in [4.78, 5) is 58.9. The Morgan fingerprint density at radius 2 is 1.97 bits per heavy atom. The molecule has 0 aliphatic rings. The fourth-order valence-electron chi connectivity index (χ4n) is 4.14. The predicted octanol–water partition coefficient (Wildman–Crippen LogP) is 4.36. The molecular formula is C29H35FN4O5. The molecule has 1 atom stereocenters. The van der Waals surface area contributed by atoms with E-state index in [-0.39, 0.29) is 42.1 Å². The Bertz CT molecular complexity index is 1420. The number of nitrogens with zero attached hydrogens (tertiary/aromatic N) is 3. The summed E-state index contributed by atoms with van der Waals surface area (Å²) >= 11 is 0. The second-order valence-electron chi connectivity index (χ2n) is 9.57. The molecule has 1 N–H and O–H groups in total. The minimum absolute atomic E-state index is 0.0378. The molecule has 10 heteroatoms. The van der Waals surface area contributed by atoms with Gasteiger partial charge < -0.3 is 19.2 Å². The van der Waals surface area contributed by atoms with E-state index in [1.54, 1.807) is 31.3 Å². The SMILES string of the molecule is CCCc1cc(F)cc2[nH]c(Cn3cccc(CC(=O)[C@H](CC/C=C/C(=O)CC)OC(=O)N(C)C)c3=O)nc12. The summed E-state index contributed by atoms with van der Waals surface area (Å²) in [5.41, 5.74) is 1.91. The molecule has 0 saturated carbocycles. The summed E-state index contributed by atoms with van der Waals surface area (Å²) in [6.07, 6.45) is 5.16. The van der Waals surface area contributed by atoms with Crippen LogP contribution in [0.25, 0.3) is 11.0 Å². The maximum absolute atomic E-state index is 14.0. The monoisotopic (exact) mass is 538 g/mol. The molecule has 1 aromatic carbocycles. The lowest BCUT2D eigenvalue weighted by atomic mass is 10.0. The van der Waals surface area contributed by atoms with Crippen LogP contribution in [0.4, 0.5) is 9.18 Å². The van der Waals surface area contributed by atoms with Crippen LogP contribution >= 0.6 is 0 Å². The Morgan fingerprint density at radius 3 is 2.67 bits per heavy atom. The molecule has 208 valence electrons. The minimum Gasteiger partial charge on any atom is -0.438 e. The van der Waals surface area contributed by atoms with E-state index in [0.29, 0.717) is 36.1 Å². The second-order valence-corrected chi connectivity index (χ2v) is 9.57. The van der Waals surface area contributed by atoms with Gasteiger partial charge in [-0.3, -0.25) is 14.4 Å². The van der Waals surface area contributed by atoms with Crippen LogP contribution in [0.15, 0.2) is 47.4 Å². The Balaban J connectivity index is 1.79. The zero-order valence-corrected chi connectivity index (χ0v) is 22.8. The first-order valence-corrected chi connectivity index (χ1v) is 13.1. The number of fused-ring (bicyclic) bond motifs is 1. The van der Waals surface area contributed by atoms with Gasteiger partial charge in [-0.2, -0.15) is 0 Å². The van der Waals surface area contributed by atoms with Gasteiger partial charge in [0.2, 0.25) is 0 Å². The molecule has 0 saturated heterocycles. The summed E-state index contributed by atoms with van der Waals surface area (Å²) in [5, 5.41) is 0. The lowest BCUT2D eigenvalue weighted by Crippen LogP contribution is -2.35. The number of aryl methyl sites for hydroxylation is 1. The van der Waals surface area contributed by atoms with Gasteiger partial charge in [-0.05, 0) is 49.1 Å². The van der Waals surface area contributed by atoms with E-state index < -0.39 is 18.0 Å². The molecule has 0 radical (unpaired) electrons. The molecule has 2 aromatic heterocycles. The first-order valence-electron chi connectivity index (χ1n) is 13.1. The van der Waals surface area contributed by atoms with E-state index in [2.05, 4.69) is 9.97 Å². The number of amides is 1. The van der Waals surface area contributed by atoms with Gasteiger partial charge in [0.15, 0.2) is 17.7 Å². The average molecular weight is 539 g/mol. The Morgan fingerprint density at radius 1 is 1.21 bits per heavy atom. The van der Waals surface area contributed by atoms with Crippen molar-refractivity contribution < 1.29 is 23.5 Å². The van der Waals surface area contributed by atoms with Gasteiger partial charge in [0, 0.05) is 38.7 Å². The summed E-state index contributed by atoms with van der Waals surface area (Å²) in [7, 11) is 3.02. The van der Waals surface area contributed by atoms with Crippen LogP contribution in [-0.2, 0) is 33.7 Å². The second kappa shape index (κ2) is 13.6. The van der Waals surface area contributed by atoms with Gasteiger partial charge in [-0.1, -0.05) is 32.4 Å². The third-order valence-corrected chi connectivity index (χ3v) is 6.20. The number of hydrogen-bond acceptors (Lipinski definition) is 6. The number of imidazole rings is 1. The topological polar surface area (TPSA) is 114 Å². The molecule has 39 heavy (non-hydrogen) atoms. The van der Waals surface area contributed by atoms with Crippen LogP contribution in [-0.4, -0.2) is 57.3 Å². The number of rotatable bonds is 13. The lowest BCUT2D eigenvalue weighted by Gasteiger charge is -2.19. The number of aromatic amines is 1. The number of ketones is 2. The van der Waals surface area contributed by atoms with Crippen molar-refractivity contribution in [2.24, 2.45) is 0 Å². The van der Waals surface area contributed by atoms with Gasteiger partial charge in [0.1, 0.15) is 11.6 Å². The van der Waals surface area contributed by atoms with Crippen LogP contribution in [0, 0.1) is 5.82 Å². The first kappa shape index (κ1) is 29.5. The molecule has 3 aromatic rings. The van der Waals surface area contributed by atoms with Crippen LogP contribution in [0.2, 0.25) is 0 Å². The standard InChI is InChI=1S/C29H35FN4O5/c1-5-10-19-15-21(30)17-23-27(19)32-26(31-23)18-34-14-9-11-20(28(34)37)16-24(36)25(39-29(38)33(3)4)13-8-7-12-22(35)6-2/h7,9,11-12,14-15,17,25H,5-6,8,10,13,16,18H2,1-4H3,(H,31,32)/b12-7+/t25-/m0/s1. The van der Waals surface area contributed by atoms with Crippen molar-refractivity contribution in [3.8, 4) is 0 Å². The lowest BCUT2D eigenvalue weighted by molar-refractivity contribution is -0.127. The number of halogens is 1. The molecule has 2 heterocycles. The zero-order chi connectivity index (χ0) is 28.5. The molecule has 0 aliphatic carbocycles. The maximum atomic E-state index is 14.0. The van der Waals surface area contributed by atoms with E-state index in [4.69, 9.17) is 4.74 Å². The highest BCUT2D eigenvalue weighted by molar-refractivity contribution is 5.89. The van der Waals surface area contributed by atoms with Crippen molar-refractivity contribution >= 4 is 28.7 Å². The van der Waals surface area contributed by atoms with Crippen LogP contribution in [0.5, 0.6) is 0 Å². The Labute approximate surface area is 226 Å². The number of ether oxygens (including phenoxy) is 1. The van der Waals surface area contributed by atoms with Crippen LogP contribution in [0.1, 0.15) is 56.5 Å². The predicted molar refractivity (Wildman–Crippen MR) is 146 cm³/mol. The quantitative estimate of drug-likeness (QED) is 0.324. The fourth-order valence-corrected chi connectivity index (χ4v) is 4.14. The Kier molecular flexibility index (Phi) is 10.3. The van der Waals surface area contributed by atoms with Crippen LogP contribution < -0.4 is 5.56 Å². The van der Waals surface area contributed by atoms with Crippen molar-refractivity contribution in [2.45, 2.75) is 65.0 Å². The third kappa shape index (κ3) is 7.95. The van der Waals surface area contributed by atoms with Gasteiger partial charge in [0.25, 0.3) is 5.56 Å². The molecule has 0 spiro atoms. The molecule has 1 amide bonds. The van der Waals surface area contributed by atoms with Crippen molar-refractivity contribution in [3.63, 3.8) is 0 Å². The highest BCUT2D eigenvalue weighted by atomic mass is 19.1. The van der Waals surface area contributed by atoms with Gasteiger partial charge >= 0.3 is 6.09 Å². The largest absolute Gasteiger partial charge is 0.438 e. The van der Waals surface area contributed by atoms with E-state index in [0.717, 1.165) is 12.0 Å². The van der Waals surface area contributed by atoms with Crippen molar-refractivity contribution in [1.29, 1.82) is 0 Å². The zero-order valence-electron chi connectivity index (χ0n) is 22.8. The molecule has 0 fully saturated rings. The number of Topliss-reactive ketones (excluding diaryl/α,β-unsaturated/α-hetero) is 1. The molecule has 0 aliphatic heterocycles. The van der Waals surface area contributed by atoms with Gasteiger partial charge in [0.05, 0.1) is 17.6 Å². The Hall–Kier alpha value is -4.08. The van der Waals surface area contributed by atoms with E-state index in [1.165, 1.54) is 41.8 Å². The normalized spacial score (nSPS) is 12.1. The van der Waals surface area contributed by atoms with Crippen molar-refractivity contribution in [2.75, 3.05) is 14.1 Å². The average Bonchev–Trinajstić information content (AvgIpc) is 3.30. The van der Waals surface area contributed by atoms with E-state index >= 15 is 0 Å². The number of carbonyl (C=O) groups is 3. The molecule has 9 nitrogen and oxygen atoms in total. The summed E-state index contributed by atoms with van der Waals surface area (Å²) < 4.78 is 20.9. The number of allylic oxidation sites excluding steroid dienone is 2. The number of nitrogens with one attached hydrogen (secondary N) is 1. The van der Waals surface area contributed by atoms with Gasteiger partial charge in [-0.15, -0.1) is 0 Å². The molecule has 0 unspecified atom stereocenters. The third-order valence-electron chi connectivity index (χ3n) is 6.20. The number of benzene rings is 1. The molecular weight excluding hydrogens is 503 g/mol. The highest BCUT2D eigenvalue weighted by Gasteiger charge is 2.24. The van der Waals surface area contributed by atoms with Gasteiger partial charge in [-0.25, -0.2) is 14.2 Å². The number of H-pyrrole nitrogens is 1.